The van der Waals surface area contributed by atoms with Crippen LogP contribution < -0.4 is 20.7 Å². The number of anilines is 2. The third-order valence-electron chi connectivity index (χ3n) is 5.90. The molecule has 1 aromatic heterocycles. The van der Waals surface area contributed by atoms with E-state index >= 15 is 0 Å². The molecule has 194 valence electrons. The molecule has 2 aromatic carbocycles. The van der Waals surface area contributed by atoms with Gasteiger partial charge in [0.2, 0.25) is 21.8 Å². The Morgan fingerprint density at radius 3 is 2.59 bits per heavy atom. The standard InChI is InChI=1S/C26H29N5O4S2/c1-18-20(11-12-24(27)29-18)15-28-25(32)13-14-31-22-9-5-6-10-23(22)36-16-21(26(31)33)30-37(34,35)17-19-7-3-2-4-8-19/h2-12,21,30H,13-17H2,1H3,(H2,27,29)(H,28,32)/t21-/m1/s1. The fraction of sp³-hybridized carbons (Fsp3) is 0.269. The molecular formula is C26H29N5O4S2. The summed E-state index contributed by atoms with van der Waals surface area (Å²) in [5.41, 5.74) is 8.56. The number of amides is 2. The minimum absolute atomic E-state index is 0.0513. The fourth-order valence-electron chi connectivity index (χ4n) is 4.01. The number of nitrogen functional groups attached to an aromatic ring is 1. The van der Waals surface area contributed by atoms with Crippen LogP contribution in [-0.2, 0) is 31.9 Å². The van der Waals surface area contributed by atoms with Gasteiger partial charge < -0.3 is 16.0 Å². The molecule has 1 atom stereocenters. The first-order valence-electron chi connectivity index (χ1n) is 11.8. The molecule has 1 aliphatic rings. The molecular weight excluding hydrogens is 510 g/mol. The van der Waals surface area contributed by atoms with E-state index < -0.39 is 16.1 Å². The maximum atomic E-state index is 13.5. The van der Waals surface area contributed by atoms with Gasteiger partial charge in [-0.05, 0) is 36.2 Å². The lowest BCUT2D eigenvalue weighted by atomic mass is 10.2. The predicted molar refractivity (Wildman–Crippen MR) is 145 cm³/mol. The Bertz CT molecular complexity index is 1380. The number of nitrogens with zero attached hydrogens (tertiary/aromatic N) is 2. The summed E-state index contributed by atoms with van der Waals surface area (Å²) in [4.78, 5) is 32.7. The van der Waals surface area contributed by atoms with E-state index in [9.17, 15) is 18.0 Å². The number of aryl methyl sites for hydroxylation is 1. The van der Waals surface area contributed by atoms with Crippen molar-refractivity contribution >= 4 is 45.1 Å². The molecule has 9 nitrogen and oxygen atoms in total. The Labute approximate surface area is 220 Å². The van der Waals surface area contributed by atoms with E-state index in [2.05, 4.69) is 15.0 Å². The molecule has 0 saturated carbocycles. The molecule has 0 unspecified atom stereocenters. The average molecular weight is 540 g/mol. The molecule has 0 saturated heterocycles. The SMILES string of the molecule is Cc1nc(N)ccc1CNC(=O)CCN1C(=O)[C@H](NS(=O)(=O)Cc2ccccc2)CSc2ccccc21. The van der Waals surface area contributed by atoms with Crippen LogP contribution in [0.1, 0.15) is 23.2 Å². The maximum Gasteiger partial charge on any atom is 0.246 e. The number of pyridine rings is 1. The van der Waals surface area contributed by atoms with Crippen LogP contribution in [0.5, 0.6) is 0 Å². The first-order valence-corrected chi connectivity index (χ1v) is 14.4. The van der Waals surface area contributed by atoms with Crippen LogP contribution in [0.4, 0.5) is 11.5 Å². The van der Waals surface area contributed by atoms with Gasteiger partial charge in [-0.25, -0.2) is 18.1 Å². The van der Waals surface area contributed by atoms with Crippen molar-refractivity contribution < 1.29 is 18.0 Å². The summed E-state index contributed by atoms with van der Waals surface area (Å²) in [5, 5.41) is 2.86. The lowest BCUT2D eigenvalue weighted by Gasteiger charge is -2.25. The van der Waals surface area contributed by atoms with E-state index in [0.717, 1.165) is 16.2 Å². The predicted octanol–water partition coefficient (Wildman–Crippen LogP) is 2.61. The van der Waals surface area contributed by atoms with Crippen LogP contribution in [-0.4, -0.2) is 43.6 Å². The topological polar surface area (TPSA) is 134 Å². The lowest BCUT2D eigenvalue weighted by molar-refractivity contribution is -0.121. The third-order valence-corrected chi connectivity index (χ3v) is 8.42. The van der Waals surface area contributed by atoms with E-state index in [-0.39, 0.29) is 36.3 Å². The van der Waals surface area contributed by atoms with E-state index in [0.29, 0.717) is 23.6 Å². The van der Waals surface area contributed by atoms with Crippen molar-refractivity contribution in [1.82, 2.24) is 15.0 Å². The van der Waals surface area contributed by atoms with E-state index in [1.807, 2.05) is 43.3 Å². The van der Waals surface area contributed by atoms with Crippen LogP contribution >= 0.6 is 11.8 Å². The van der Waals surface area contributed by atoms with Crippen molar-refractivity contribution in [3.8, 4) is 0 Å². The van der Waals surface area contributed by atoms with Gasteiger partial charge in [0, 0.05) is 35.9 Å². The first kappa shape index (κ1) is 26.6. The summed E-state index contributed by atoms with van der Waals surface area (Å²) in [7, 11) is -3.78. The normalized spacial score (nSPS) is 15.6. The lowest BCUT2D eigenvalue weighted by Crippen LogP contribution is -2.50. The number of rotatable bonds is 9. The number of fused-ring (bicyclic) bond motifs is 1. The van der Waals surface area contributed by atoms with Gasteiger partial charge in [0.25, 0.3) is 0 Å². The minimum Gasteiger partial charge on any atom is -0.384 e. The Balaban J connectivity index is 1.44. The Hall–Kier alpha value is -3.41. The molecule has 0 bridgehead atoms. The van der Waals surface area contributed by atoms with Crippen molar-refractivity contribution in [2.45, 2.75) is 36.6 Å². The molecule has 37 heavy (non-hydrogen) atoms. The van der Waals surface area contributed by atoms with E-state index in [1.54, 1.807) is 30.3 Å². The molecule has 0 fully saturated rings. The number of hydrogen-bond acceptors (Lipinski definition) is 7. The van der Waals surface area contributed by atoms with Gasteiger partial charge in [-0.1, -0.05) is 48.5 Å². The molecule has 2 heterocycles. The summed E-state index contributed by atoms with van der Waals surface area (Å²) >= 11 is 1.41. The van der Waals surface area contributed by atoms with Crippen LogP contribution in [0.3, 0.4) is 0 Å². The first-order chi connectivity index (χ1) is 17.7. The van der Waals surface area contributed by atoms with Gasteiger partial charge in [0.05, 0.1) is 11.4 Å². The Morgan fingerprint density at radius 2 is 1.84 bits per heavy atom. The average Bonchev–Trinajstić information content (AvgIpc) is 2.99. The zero-order chi connectivity index (χ0) is 26.4. The van der Waals surface area contributed by atoms with E-state index in [1.165, 1.54) is 16.7 Å². The number of aromatic nitrogens is 1. The zero-order valence-electron chi connectivity index (χ0n) is 20.4. The van der Waals surface area contributed by atoms with Crippen molar-refractivity contribution in [3.63, 3.8) is 0 Å². The van der Waals surface area contributed by atoms with Crippen molar-refractivity contribution in [2.75, 3.05) is 22.9 Å². The molecule has 1 aliphatic heterocycles. The quantitative estimate of drug-likeness (QED) is 0.380. The maximum absolute atomic E-state index is 13.5. The largest absolute Gasteiger partial charge is 0.384 e. The second-order valence-electron chi connectivity index (χ2n) is 8.69. The van der Waals surface area contributed by atoms with Gasteiger partial charge in [0.15, 0.2) is 0 Å². The number of hydrogen-bond donors (Lipinski definition) is 3. The van der Waals surface area contributed by atoms with Gasteiger partial charge in [-0.2, -0.15) is 0 Å². The molecule has 2 amide bonds. The second kappa shape index (κ2) is 11.8. The summed E-state index contributed by atoms with van der Waals surface area (Å²) in [6.45, 7) is 2.22. The molecule has 0 radical (unpaired) electrons. The third kappa shape index (κ3) is 7.09. The summed E-state index contributed by atoms with van der Waals surface area (Å²) < 4.78 is 28.3. The van der Waals surface area contributed by atoms with Crippen molar-refractivity contribution in [1.29, 1.82) is 0 Å². The van der Waals surface area contributed by atoms with Gasteiger partial charge in [0.1, 0.15) is 11.9 Å². The summed E-state index contributed by atoms with van der Waals surface area (Å²) in [5.74, 6) is -0.189. The number of sulfonamides is 1. The molecule has 0 aliphatic carbocycles. The second-order valence-corrected chi connectivity index (χ2v) is 11.5. The van der Waals surface area contributed by atoms with Gasteiger partial charge in [-0.3, -0.25) is 9.59 Å². The van der Waals surface area contributed by atoms with Gasteiger partial charge >= 0.3 is 0 Å². The highest BCUT2D eigenvalue weighted by Gasteiger charge is 2.33. The molecule has 3 aromatic rings. The van der Waals surface area contributed by atoms with Gasteiger partial charge in [-0.15, -0.1) is 11.8 Å². The Morgan fingerprint density at radius 1 is 1.11 bits per heavy atom. The number of para-hydroxylation sites is 1. The molecule has 4 N–H and O–H groups in total. The monoisotopic (exact) mass is 539 g/mol. The highest BCUT2D eigenvalue weighted by Crippen LogP contribution is 2.34. The Kier molecular flexibility index (Phi) is 8.47. The number of thioether (sulfide) groups is 1. The van der Waals surface area contributed by atoms with Crippen LogP contribution in [0.25, 0.3) is 0 Å². The molecule has 0 spiro atoms. The van der Waals surface area contributed by atoms with Crippen LogP contribution in [0.2, 0.25) is 0 Å². The number of carbonyl (C=O) groups excluding carboxylic acids is 2. The number of nitrogens with two attached hydrogens (primary N) is 1. The molecule has 11 heteroatoms. The van der Waals surface area contributed by atoms with Crippen LogP contribution in [0, 0.1) is 6.92 Å². The van der Waals surface area contributed by atoms with E-state index in [4.69, 9.17) is 5.73 Å². The number of carbonyl (C=O) groups is 2. The minimum atomic E-state index is -3.78. The highest BCUT2D eigenvalue weighted by atomic mass is 32.2. The number of nitrogens with one attached hydrogen (secondary N) is 2. The summed E-state index contributed by atoms with van der Waals surface area (Å²) in [6, 6.07) is 18.7. The fourth-order valence-corrected chi connectivity index (χ4v) is 6.52. The van der Waals surface area contributed by atoms with Crippen molar-refractivity contribution in [3.05, 3.63) is 83.6 Å². The van der Waals surface area contributed by atoms with Crippen molar-refractivity contribution in [2.24, 2.45) is 0 Å². The highest BCUT2D eigenvalue weighted by molar-refractivity contribution is 7.99. The number of benzene rings is 2. The van der Waals surface area contributed by atoms with Crippen LogP contribution in [0.15, 0.2) is 71.6 Å². The molecule has 4 rings (SSSR count). The zero-order valence-corrected chi connectivity index (χ0v) is 22.0. The smallest absolute Gasteiger partial charge is 0.246 e. The summed E-state index contributed by atoms with van der Waals surface area (Å²) in [6.07, 6.45) is 0.0513.